The van der Waals surface area contributed by atoms with Crippen molar-refractivity contribution in [2.45, 2.75) is 25.9 Å². The summed E-state index contributed by atoms with van der Waals surface area (Å²) >= 11 is 0. The Bertz CT molecular complexity index is 738. The maximum atomic E-state index is 11.3. The van der Waals surface area contributed by atoms with Crippen molar-refractivity contribution in [1.82, 2.24) is 0 Å². The van der Waals surface area contributed by atoms with Gasteiger partial charge in [0.15, 0.2) is 0 Å². The van der Waals surface area contributed by atoms with Crippen molar-refractivity contribution in [2.24, 2.45) is 0 Å². The average molecular weight is 314 g/mol. The summed E-state index contributed by atoms with van der Waals surface area (Å²) in [6.45, 7) is 1.33. The molecule has 1 aliphatic heterocycles. The molecule has 1 heterocycles. The number of hydrogen-bond donors (Lipinski definition) is 1. The molecule has 1 unspecified atom stereocenters. The minimum absolute atomic E-state index is 0.0443. The van der Waals surface area contributed by atoms with E-state index in [0.29, 0.717) is 5.75 Å². The van der Waals surface area contributed by atoms with Crippen molar-refractivity contribution in [1.29, 1.82) is 0 Å². The minimum atomic E-state index is -0.435. The number of ether oxygens (including phenoxy) is 3. The number of hydrogen-bond acceptors (Lipinski definition) is 5. The van der Waals surface area contributed by atoms with Crippen LogP contribution in [-0.4, -0.2) is 18.2 Å². The van der Waals surface area contributed by atoms with E-state index in [9.17, 15) is 9.90 Å². The number of aromatic hydroxyl groups is 1. The van der Waals surface area contributed by atoms with E-state index >= 15 is 0 Å². The number of phenols is 1. The summed E-state index contributed by atoms with van der Waals surface area (Å²) in [4.78, 5) is 11.3. The highest BCUT2D eigenvalue weighted by Gasteiger charge is 2.25. The lowest BCUT2D eigenvalue weighted by atomic mass is 9.96. The van der Waals surface area contributed by atoms with Gasteiger partial charge in [0, 0.05) is 24.6 Å². The molecule has 23 heavy (non-hydrogen) atoms. The van der Waals surface area contributed by atoms with Crippen LogP contribution in [0, 0.1) is 0 Å². The fourth-order valence-electron chi connectivity index (χ4n) is 2.73. The molecule has 0 saturated heterocycles. The molecule has 0 saturated carbocycles. The van der Waals surface area contributed by atoms with Gasteiger partial charge in [-0.05, 0) is 36.6 Å². The second-order valence-corrected chi connectivity index (χ2v) is 5.43. The van der Waals surface area contributed by atoms with Crippen LogP contribution in [0.2, 0.25) is 0 Å². The molecule has 0 spiro atoms. The van der Waals surface area contributed by atoms with Crippen LogP contribution in [0.1, 0.15) is 30.6 Å². The number of rotatable bonds is 3. The van der Waals surface area contributed by atoms with Gasteiger partial charge in [-0.3, -0.25) is 4.79 Å². The van der Waals surface area contributed by atoms with E-state index < -0.39 is 5.97 Å². The quantitative estimate of drug-likeness (QED) is 0.695. The van der Waals surface area contributed by atoms with Crippen molar-refractivity contribution >= 4 is 5.97 Å². The molecule has 3 rings (SSSR count). The second kappa shape index (κ2) is 6.20. The van der Waals surface area contributed by atoms with Crippen LogP contribution in [0.5, 0.6) is 23.0 Å². The van der Waals surface area contributed by atoms with E-state index in [1.807, 2.05) is 18.2 Å². The van der Waals surface area contributed by atoms with Crippen LogP contribution in [0.15, 0.2) is 36.4 Å². The first-order valence-electron chi connectivity index (χ1n) is 7.41. The monoisotopic (exact) mass is 314 g/mol. The van der Waals surface area contributed by atoms with Crippen molar-refractivity contribution in [3.8, 4) is 23.0 Å². The summed E-state index contributed by atoms with van der Waals surface area (Å²) in [7, 11) is 1.61. The number of esters is 1. The second-order valence-electron chi connectivity index (χ2n) is 5.43. The van der Waals surface area contributed by atoms with Gasteiger partial charge in [-0.1, -0.05) is 6.07 Å². The third kappa shape index (κ3) is 3.23. The van der Waals surface area contributed by atoms with Gasteiger partial charge in [0.05, 0.1) is 7.11 Å². The van der Waals surface area contributed by atoms with Gasteiger partial charge >= 0.3 is 5.97 Å². The fraction of sp³-hybridized carbons (Fsp3) is 0.278. The lowest BCUT2D eigenvalue weighted by molar-refractivity contribution is -0.132. The summed E-state index contributed by atoms with van der Waals surface area (Å²) < 4.78 is 16.5. The molecule has 5 nitrogen and oxygen atoms in total. The largest absolute Gasteiger partial charge is 0.508 e. The van der Waals surface area contributed by atoms with Crippen molar-refractivity contribution in [3.05, 3.63) is 47.5 Å². The maximum absolute atomic E-state index is 11.3. The molecule has 1 atom stereocenters. The van der Waals surface area contributed by atoms with Gasteiger partial charge in [0.1, 0.15) is 29.1 Å². The number of carbonyl (C=O) groups is 1. The van der Waals surface area contributed by atoms with Crippen LogP contribution in [0.3, 0.4) is 0 Å². The third-order valence-corrected chi connectivity index (χ3v) is 3.82. The van der Waals surface area contributed by atoms with Crippen LogP contribution in [0.25, 0.3) is 0 Å². The Morgan fingerprint density at radius 1 is 1.26 bits per heavy atom. The molecule has 0 radical (unpaired) electrons. The Hall–Kier alpha value is -2.69. The number of methoxy groups -OCH3 is 1. The molecule has 0 aromatic heterocycles. The number of phenolic OH excluding ortho intramolecular Hbond substituents is 1. The minimum Gasteiger partial charge on any atom is -0.508 e. The highest BCUT2D eigenvalue weighted by Crippen LogP contribution is 2.40. The first-order valence-corrected chi connectivity index (χ1v) is 7.41. The Balaban J connectivity index is 1.92. The van der Waals surface area contributed by atoms with Gasteiger partial charge in [-0.2, -0.15) is 0 Å². The molecule has 0 bridgehead atoms. The van der Waals surface area contributed by atoms with Crippen LogP contribution in [0.4, 0.5) is 0 Å². The number of carbonyl (C=O) groups excluding carboxylic acids is 1. The van der Waals surface area contributed by atoms with E-state index in [2.05, 4.69) is 0 Å². The van der Waals surface area contributed by atoms with E-state index in [0.717, 1.165) is 35.5 Å². The first kappa shape index (κ1) is 15.2. The Morgan fingerprint density at radius 3 is 2.83 bits per heavy atom. The first-order chi connectivity index (χ1) is 11.1. The molecule has 5 heteroatoms. The predicted molar refractivity (Wildman–Crippen MR) is 84.1 cm³/mol. The molecule has 1 N–H and O–H groups in total. The lowest BCUT2D eigenvalue weighted by Gasteiger charge is -2.27. The van der Waals surface area contributed by atoms with Gasteiger partial charge in [-0.15, -0.1) is 0 Å². The molecule has 1 aliphatic rings. The number of fused-ring (bicyclic) bond motifs is 1. The number of aryl methyl sites for hydroxylation is 1. The highest BCUT2D eigenvalue weighted by atomic mass is 16.5. The number of benzene rings is 2. The van der Waals surface area contributed by atoms with E-state index in [1.165, 1.54) is 13.0 Å². The highest BCUT2D eigenvalue weighted by molar-refractivity contribution is 5.70. The molecule has 120 valence electrons. The summed E-state index contributed by atoms with van der Waals surface area (Å²) in [6, 6.07) is 10.5. The van der Waals surface area contributed by atoms with E-state index in [-0.39, 0.29) is 11.9 Å². The third-order valence-electron chi connectivity index (χ3n) is 3.82. The molecule has 0 amide bonds. The van der Waals surface area contributed by atoms with Crippen molar-refractivity contribution in [2.75, 3.05) is 7.11 Å². The lowest BCUT2D eigenvalue weighted by Crippen LogP contribution is -2.17. The van der Waals surface area contributed by atoms with E-state index in [1.54, 1.807) is 19.2 Å². The normalized spacial score (nSPS) is 16.2. The molecule has 0 aliphatic carbocycles. The predicted octanol–water partition coefficient (Wildman–Crippen LogP) is 3.39. The fourth-order valence-corrected chi connectivity index (χ4v) is 2.73. The van der Waals surface area contributed by atoms with Crippen LogP contribution in [-0.2, 0) is 11.2 Å². The summed E-state index contributed by atoms with van der Waals surface area (Å²) in [5, 5.41) is 9.63. The topological polar surface area (TPSA) is 65.0 Å². The average Bonchev–Trinajstić information content (AvgIpc) is 2.53. The molecule has 0 fully saturated rings. The van der Waals surface area contributed by atoms with Crippen molar-refractivity contribution in [3.63, 3.8) is 0 Å². The Labute approximate surface area is 134 Å². The van der Waals surface area contributed by atoms with Gasteiger partial charge in [0.2, 0.25) is 0 Å². The standard InChI is InChI=1S/C18H18O5/c1-11(19)22-18-9-13(20)5-7-15(18)16-8-4-12-3-6-14(21-2)10-17(12)23-16/h3,5-7,9-10,16,20H,4,8H2,1-2H3. The van der Waals surface area contributed by atoms with Gasteiger partial charge in [-0.25, -0.2) is 0 Å². The van der Waals surface area contributed by atoms with Crippen LogP contribution < -0.4 is 14.2 Å². The van der Waals surface area contributed by atoms with Gasteiger partial charge < -0.3 is 19.3 Å². The Kier molecular flexibility index (Phi) is 4.10. The Morgan fingerprint density at radius 2 is 2.09 bits per heavy atom. The zero-order valence-corrected chi connectivity index (χ0v) is 13.0. The summed E-state index contributed by atoms with van der Waals surface area (Å²) in [5.41, 5.74) is 1.86. The van der Waals surface area contributed by atoms with E-state index in [4.69, 9.17) is 14.2 Å². The van der Waals surface area contributed by atoms with Crippen LogP contribution >= 0.6 is 0 Å². The SMILES string of the molecule is COc1ccc2c(c1)OC(c1ccc(O)cc1OC(C)=O)CC2. The maximum Gasteiger partial charge on any atom is 0.308 e. The van der Waals surface area contributed by atoms with Gasteiger partial charge in [0.25, 0.3) is 0 Å². The smallest absolute Gasteiger partial charge is 0.308 e. The summed E-state index contributed by atoms with van der Waals surface area (Å²) in [5.74, 6) is 1.43. The molecule has 2 aromatic rings. The van der Waals surface area contributed by atoms with Crippen molar-refractivity contribution < 1.29 is 24.1 Å². The summed E-state index contributed by atoms with van der Waals surface area (Å²) in [6.07, 6.45) is 1.37. The molecule has 2 aromatic carbocycles. The molecular weight excluding hydrogens is 296 g/mol. The molecular formula is C18H18O5. The zero-order valence-electron chi connectivity index (χ0n) is 13.0. The zero-order chi connectivity index (χ0) is 16.4.